The van der Waals surface area contributed by atoms with Crippen molar-refractivity contribution in [3.05, 3.63) is 114 Å². The minimum absolute atomic E-state index is 0.431. The van der Waals surface area contributed by atoms with Crippen LogP contribution in [0.5, 0.6) is 0 Å². The first-order valence-electron chi connectivity index (χ1n) is 10.8. The molecule has 32 heavy (non-hydrogen) atoms. The lowest BCUT2D eigenvalue weighted by Crippen LogP contribution is -2.24. The molecule has 2 aromatic carbocycles. The average molecular weight is 423 g/mol. The summed E-state index contributed by atoms with van der Waals surface area (Å²) in [7, 11) is 0. The monoisotopic (exact) mass is 422 g/mol. The maximum absolute atomic E-state index is 12.5. The van der Waals surface area contributed by atoms with Gasteiger partial charge in [0.1, 0.15) is 5.82 Å². The van der Waals surface area contributed by atoms with Crippen molar-refractivity contribution in [3.63, 3.8) is 0 Å². The molecule has 0 fully saturated rings. The Hall–Kier alpha value is -3.99. The Morgan fingerprint density at radius 2 is 1.66 bits per heavy atom. The SMILES string of the molecule is NC(=O)C(c1cccnc1)c1ccc(-c2ccccc2)nc1NCCCc1ccccc1. The van der Waals surface area contributed by atoms with Crippen LogP contribution in [0, 0.1) is 0 Å². The summed E-state index contributed by atoms with van der Waals surface area (Å²) in [4.78, 5) is 21.5. The Labute approximate surface area is 188 Å². The van der Waals surface area contributed by atoms with Crippen molar-refractivity contribution >= 4 is 11.7 Å². The molecule has 0 aliphatic heterocycles. The maximum atomic E-state index is 12.5. The predicted molar refractivity (Wildman–Crippen MR) is 128 cm³/mol. The third-order valence-corrected chi connectivity index (χ3v) is 5.39. The Morgan fingerprint density at radius 3 is 2.34 bits per heavy atom. The van der Waals surface area contributed by atoms with Crippen molar-refractivity contribution in [3.8, 4) is 11.3 Å². The lowest BCUT2D eigenvalue weighted by molar-refractivity contribution is -0.118. The molecule has 1 amide bonds. The second-order valence-corrected chi connectivity index (χ2v) is 7.64. The van der Waals surface area contributed by atoms with Gasteiger partial charge in [0.2, 0.25) is 5.91 Å². The number of aromatic nitrogens is 2. The Morgan fingerprint density at radius 1 is 0.906 bits per heavy atom. The van der Waals surface area contributed by atoms with E-state index in [1.165, 1.54) is 5.56 Å². The minimum atomic E-state index is -0.627. The zero-order valence-electron chi connectivity index (χ0n) is 17.8. The lowest BCUT2D eigenvalue weighted by Gasteiger charge is -2.19. The first kappa shape index (κ1) is 21.2. The quantitative estimate of drug-likeness (QED) is 0.380. The van der Waals surface area contributed by atoms with Crippen molar-refractivity contribution < 1.29 is 4.79 Å². The van der Waals surface area contributed by atoms with Crippen LogP contribution in [0.2, 0.25) is 0 Å². The third kappa shape index (κ3) is 5.19. The van der Waals surface area contributed by atoms with Crippen LogP contribution in [0.4, 0.5) is 5.82 Å². The molecule has 2 heterocycles. The molecule has 5 heteroatoms. The van der Waals surface area contributed by atoms with Gasteiger partial charge in [0.05, 0.1) is 11.6 Å². The number of hydrogen-bond acceptors (Lipinski definition) is 4. The Bertz CT molecular complexity index is 1150. The maximum Gasteiger partial charge on any atom is 0.229 e. The number of aryl methyl sites for hydroxylation is 1. The molecular weight excluding hydrogens is 396 g/mol. The molecule has 1 atom stereocenters. The van der Waals surface area contributed by atoms with Crippen LogP contribution in [0.3, 0.4) is 0 Å². The topological polar surface area (TPSA) is 80.9 Å². The van der Waals surface area contributed by atoms with Gasteiger partial charge in [0.25, 0.3) is 0 Å². The van der Waals surface area contributed by atoms with Crippen LogP contribution in [-0.2, 0) is 11.2 Å². The number of carbonyl (C=O) groups excluding carboxylic acids is 1. The van der Waals surface area contributed by atoms with Crippen molar-refractivity contribution in [2.45, 2.75) is 18.8 Å². The highest BCUT2D eigenvalue weighted by Crippen LogP contribution is 2.31. The van der Waals surface area contributed by atoms with Crippen LogP contribution in [0.25, 0.3) is 11.3 Å². The Kier molecular flexibility index (Phi) is 6.88. The molecular formula is C27H26N4O. The van der Waals surface area contributed by atoms with E-state index >= 15 is 0 Å². The normalized spacial score (nSPS) is 11.6. The van der Waals surface area contributed by atoms with Crippen LogP contribution in [0.1, 0.15) is 29.0 Å². The van der Waals surface area contributed by atoms with Crippen molar-refractivity contribution in [2.75, 3.05) is 11.9 Å². The van der Waals surface area contributed by atoms with Crippen LogP contribution in [-0.4, -0.2) is 22.4 Å². The van der Waals surface area contributed by atoms with Gasteiger partial charge < -0.3 is 11.1 Å². The van der Waals surface area contributed by atoms with E-state index in [9.17, 15) is 4.79 Å². The fraction of sp³-hybridized carbons (Fsp3) is 0.148. The predicted octanol–water partition coefficient (Wildman–Crippen LogP) is 4.81. The van der Waals surface area contributed by atoms with E-state index in [-0.39, 0.29) is 0 Å². The minimum Gasteiger partial charge on any atom is -0.370 e. The number of amides is 1. The van der Waals surface area contributed by atoms with Gasteiger partial charge in [-0.3, -0.25) is 9.78 Å². The van der Waals surface area contributed by atoms with Gasteiger partial charge >= 0.3 is 0 Å². The molecule has 0 radical (unpaired) electrons. The summed E-state index contributed by atoms with van der Waals surface area (Å²) in [6.45, 7) is 0.728. The Balaban J connectivity index is 1.63. The molecule has 0 aliphatic carbocycles. The van der Waals surface area contributed by atoms with Gasteiger partial charge in [-0.15, -0.1) is 0 Å². The van der Waals surface area contributed by atoms with E-state index in [1.807, 2.05) is 60.7 Å². The average Bonchev–Trinajstić information content (AvgIpc) is 2.84. The fourth-order valence-corrected chi connectivity index (χ4v) is 3.80. The van der Waals surface area contributed by atoms with E-state index < -0.39 is 11.8 Å². The molecule has 0 saturated heterocycles. The molecule has 0 aliphatic rings. The van der Waals surface area contributed by atoms with E-state index in [0.29, 0.717) is 5.82 Å². The number of benzene rings is 2. The molecule has 0 bridgehead atoms. The zero-order valence-corrected chi connectivity index (χ0v) is 17.8. The zero-order chi connectivity index (χ0) is 22.2. The van der Waals surface area contributed by atoms with E-state index in [2.05, 4.69) is 34.6 Å². The molecule has 0 spiro atoms. The number of nitrogens with zero attached hydrogens (tertiary/aromatic N) is 2. The molecule has 0 saturated carbocycles. The molecule has 1 unspecified atom stereocenters. The molecule has 5 nitrogen and oxygen atoms in total. The second kappa shape index (κ2) is 10.4. The van der Waals surface area contributed by atoms with Gasteiger partial charge in [-0.2, -0.15) is 0 Å². The number of nitrogens with one attached hydrogen (secondary N) is 1. The summed E-state index contributed by atoms with van der Waals surface area (Å²) in [6.07, 6.45) is 5.26. The summed E-state index contributed by atoms with van der Waals surface area (Å²) < 4.78 is 0. The first-order valence-corrected chi connectivity index (χ1v) is 10.8. The number of carbonyl (C=O) groups is 1. The summed E-state index contributed by atoms with van der Waals surface area (Å²) in [5.41, 5.74) is 10.5. The van der Waals surface area contributed by atoms with Crippen molar-refractivity contribution in [1.29, 1.82) is 0 Å². The number of anilines is 1. The molecule has 4 rings (SSSR count). The number of nitrogens with two attached hydrogens (primary N) is 1. The van der Waals surface area contributed by atoms with Gasteiger partial charge in [0.15, 0.2) is 0 Å². The lowest BCUT2D eigenvalue weighted by atomic mass is 9.91. The van der Waals surface area contributed by atoms with Gasteiger partial charge in [-0.25, -0.2) is 4.98 Å². The van der Waals surface area contributed by atoms with Gasteiger partial charge in [-0.1, -0.05) is 72.8 Å². The van der Waals surface area contributed by atoms with Crippen molar-refractivity contribution in [2.24, 2.45) is 5.73 Å². The van der Waals surface area contributed by atoms with Crippen LogP contribution < -0.4 is 11.1 Å². The number of hydrogen-bond donors (Lipinski definition) is 2. The van der Waals surface area contributed by atoms with E-state index in [4.69, 9.17) is 10.7 Å². The number of rotatable bonds is 9. The van der Waals surface area contributed by atoms with Gasteiger partial charge in [-0.05, 0) is 36.1 Å². The van der Waals surface area contributed by atoms with Gasteiger partial charge in [0, 0.05) is 30.1 Å². The summed E-state index contributed by atoms with van der Waals surface area (Å²) in [5, 5.41) is 3.46. The molecule has 160 valence electrons. The first-order chi connectivity index (χ1) is 15.7. The standard InChI is InChI=1S/C27H26N4O/c28-26(32)25(22-14-8-17-29-19-22)23-15-16-24(21-12-5-2-6-13-21)31-27(23)30-18-7-11-20-9-3-1-4-10-20/h1-6,8-10,12-17,19,25H,7,11,18H2,(H2,28,32)(H,30,31). The summed E-state index contributed by atoms with van der Waals surface area (Å²) >= 11 is 0. The second-order valence-electron chi connectivity index (χ2n) is 7.64. The van der Waals surface area contributed by atoms with E-state index in [0.717, 1.165) is 41.8 Å². The smallest absolute Gasteiger partial charge is 0.229 e. The van der Waals surface area contributed by atoms with Crippen molar-refractivity contribution in [1.82, 2.24) is 9.97 Å². The van der Waals surface area contributed by atoms with Crippen LogP contribution in [0.15, 0.2) is 97.3 Å². The highest BCUT2D eigenvalue weighted by atomic mass is 16.1. The molecule has 3 N–H and O–H groups in total. The third-order valence-electron chi connectivity index (χ3n) is 5.39. The van der Waals surface area contributed by atoms with Crippen LogP contribution >= 0.6 is 0 Å². The summed E-state index contributed by atoms with van der Waals surface area (Å²) in [5.74, 6) is -0.385. The largest absolute Gasteiger partial charge is 0.370 e. The molecule has 2 aromatic heterocycles. The highest BCUT2D eigenvalue weighted by molar-refractivity contribution is 5.87. The fourth-order valence-electron chi connectivity index (χ4n) is 3.80. The van der Waals surface area contributed by atoms with E-state index in [1.54, 1.807) is 12.4 Å². The molecule has 4 aromatic rings. The highest BCUT2D eigenvalue weighted by Gasteiger charge is 2.24. The summed E-state index contributed by atoms with van der Waals surface area (Å²) in [6, 6.07) is 27.9. The number of primary amides is 1. The number of pyridine rings is 2.